The average molecular weight is 367 g/mol. The van der Waals surface area contributed by atoms with Crippen LogP contribution in [0.2, 0.25) is 0 Å². The molecule has 142 valence electrons. The van der Waals surface area contributed by atoms with Gasteiger partial charge in [-0.15, -0.1) is 0 Å². The summed E-state index contributed by atoms with van der Waals surface area (Å²) >= 11 is 0. The number of likely N-dealkylation sites (tertiary alicyclic amines) is 1. The Morgan fingerprint density at radius 3 is 2.81 bits per heavy atom. The summed E-state index contributed by atoms with van der Waals surface area (Å²) in [4.78, 5) is 31.3. The SMILES string of the molecule is CCc1ccc(O)c(C(=O)N2CCCC(C(=O)Nc3ccc(C)cn3)C2)c1. The number of phenols is 1. The molecule has 1 saturated heterocycles. The van der Waals surface area contributed by atoms with Gasteiger partial charge in [-0.1, -0.05) is 19.1 Å². The van der Waals surface area contributed by atoms with Crippen LogP contribution < -0.4 is 5.32 Å². The standard InChI is InChI=1S/C21H25N3O3/c1-3-15-7-8-18(25)17(11-15)21(27)24-10-4-5-16(13-24)20(26)23-19-9-6-14(2)12-22-19/h6-9,11-12,16,25H,3-5,10,13H2,1-2H3,(H,22,23,26). The molecular weight excluding hydrogens is 342 g/mol. The molecular formula is C21H25N3O3. The number of pyridine rings is 1. The number of carbonyl (C=O) groups excluding carboxylic acids is 2. The number of aromatic hydroxyl groups is 1. The number of nitrogens with zero attached hydrogens (tertiary/aromatic N) is 2. The Bertz CT molecular complexity index is 833. The predicted molar refractivity (Wildman–Crippen MR) is 104 cm³/mol. The number of hydrogen-bond donors (Lipinski definition) is 2. The molecule has 6 nitrogen and oxygen atoms in total. The Kier molecular flexibility index (Phi) is 5.74. The van der Waals surface area contributed by atoms with Crippen LogP contribution in [0.25, 0.3) is 0 Å². The number of amides is 2. The van der Waals surface area contributed by atoms with Crippen LogP contribution in [0.1, 0.15) is 41.3 Å². The second kappa shape index (κ2) is 8.20. The Balaban J connectivity index is 1.69. The first-order valence-corrected chi connectivity index (χ1v) is 9.32. The van der Waals surface area contributed by atoms with Crippen molar-refractivity contribution in [3.05, 3.63) is 53.2 Å². The van der Waals surface area contributed by atoms with Crippen molar-refractivity contribution in [3.63, 3.8) is 0 Å². The van der Waals surface area contributed by atoms with Crippen LogP contribution in [0.3, 0.4) is 0 Å². The number of anilines is 1. The summed E-state index contributed by atoms with van der Waals surface area (Å²) in [6.45, 7) is 4.86. The highest BCUT2D eigenvalue weighted by Crippen LogP contribution is 2.25. The second-order valence-corrected chi connectivity index (χ2v) is 7.01. The van der Waals surface area contributed by atoms with Crippen LogP contribution in [-0.2, 0) is 11.2 Å². The van der Waals surface area contributed by atoms with E-state index in [1.165, 1.54) is 0 Å². The molecule has 0 aliphatic carbocycles. The van der Waals surface area contributed by atoms with E-state index >= 15 is 0 Å². The first-order valence-electron chi connectivity index (χ1n) is 9.32. The predicted octanol–water partition coefficient (Wildman–Crippen LogP) is 3.15. The van der Waals surface area contributed by atoms with Crippen molar-refractivity contribution in [2.75, 3.05) is 18.4 Å². The van der Waals surface area contributed by atoms with E-state index in [2.05, 4.69) is 10.3 Å². The highest BCUT2D eigenvalue weighted by molar-refractivity contribution is 5.98. The fraction of sp³-hybridized carbons (Fsp3) is 0.381. The normalized spacial score (nSPS) is 16.8. The lowest BCUT2D eigenvalue weighted by Gasteiger charge is -2.32. The van der Waals surface area contributed by atoms with Gasteiger partial charge in [-0.3, -0.25) is 9.59 Å². The van der Waals surface area contributed by atoms with Crippen LogP contribution in [-0.4, -0.2) is 39.9 Å². The molecule has 1 aromatic carbocycles. The van der Waals surface area contributed by atoms with E-state index in [-0.39, 0.29) is 23.5 Å². The summed E-state index contributed by atoms with van der Waals surface area (Å²) in [5.74, 6) is -0.151. The van der Waals surface area contributed by atoms with Crippen LogP contribution >= 0.6 is 0 Å². The summed E-state index contributed by atoms with van der Waals surface area (Å²) in [5.41, 5.74) is 2.32. The van der Waals surface area contributed by atoms with Crippen LogP contribution in [0.5, 0.6) is 5.75 Å². The molecule has 6 heteroatoms. The second-order valence-electron chi connectivity index (χ2n) is 7.01. The van der Waals surface area contributed by atoms with Gasteiger partial charge in [-0.05, 0) is 55.5 Å². The van der Waals surface area contributed by atoms with Gasteiger partial charge in [0.05, 0.1) is 11.5 Å². The van der Waals surface area contributed by atoms with E-state index in [1.807, 2.05) is 26.0 Å². The molecule has 1 aliphatic heterocycles. The maximum atomic E-state index is 12.9. The molecule has 0 radical (unpaired) electrons. The molecule has 1 aromatic heterocycles. The third-order valence-corrected chi connectivity index (χ3v) is 4.94. The van der Waals surface area contributed by atoms with Crippen LogP contribution in [0.4, 0.5) is 5.82 Å². The number of nitrogens with one attached hydrogen (secondary N) is 1. The fourth-order valence-electron chi connectivity index (χ4n) is 3.29. The molecule has 0 spiro atoms. The lowest BCUT2D eigenvalue weighted by molar-refractivity contribution is -0.121. The van der Waals surface area contributed by atoms with Crippen molar-refractivity contribution in [1.29, 1.82) is 0 Å². The van der Waals surface area contributed by atoms with Gasteiger partial charge in [0.25, 0.3) is 5.91 Å². The zero-order chi connectivity index (χ0) is 19.4. The number of phenolic OH excluding ortho intramolecular Hbond substituents is 1. The minimum atomic E-state index is -0.290. The van der Waals surface area contributed by atoms with Crippen molar-refractivity contribution in [2.45, 2.75) is 33.1 Å². The number of aryl methyl sites for hydroxylation is 2. The molecule has 1 unspecified atom stereocenters. The summed E-state index contributed by atoms with van der Waals surface area (Å²) < 4.78 is 0. The summed E-state index contributed by atoms with van der Waals surface area (Å²) in [7, 11) is 0. The molecule has 0 bridgehead atoms. The number of hydrogen-bond acceptors (Lipinski definition) is 4. The summed E-state index contributed by atoms with van der Waals surface area (Å²) in [5, 5.41) is 12.9. The third kappa shape index (κ3) is 4.45. The maximum absolute atomic E-state index is 12.9. The zero-order valence-corrected chi connectivity index (χ0v) is 15.7. The third-order valence-electron chi connectivity index (χ3n) is 4.94. The monoisotopic (exact) mass is 367 g/mol. The van der Waals surface area contributed by atoms with E-state index < -0.39 is 0 Å². The molecule has 27 heavy (non-hydrogen) atoms. The molecule has 1 atom stereocenters. The Labute approximate surface area is 159 Å². The molecule has 3 rings (SSSR count). The van der Waals surface area contributed by atoms with Gasteiger partial charge < -0.3 is 15.3 Å². The van der Waals surface area contributed by atoms with E-state index in [0.29, 0.717) is 24.5 Å². The van der Waals surface area contributed by atoms with Gasteiger partial charge in [-0.25, -0.2) is 4.98 Å². The highest BCUT2D eigenvalue weighted by atomic mass is 16.3. The molecule has 2 amide bonds. The smallest absolute Gasteiger partial charge is 0.257 e. The van der Waals surface area contributed by atoms with Gasteiger partial charge in [0.1, 0.15) is 11.6 Å². The number of benzene rings is 1. The molecule has 0 saturated carbocycles. The fourth-order valence-corrected chi connectivity index (χ4v) is 3.29. The Morgan fingerprint density at radius 1 is 1.30 bits per heavy atom. The molecule has 2 aromatic rings. The maximum Gasteiger partial charge on any atom is 0.257 e. The van der Waals surface area contributed by atoms with Crippen LogP contribution in [0, 0.1) is 12.8 Å². The van der Waals surface area contributed by atoms with Crippen molar-refractivity contribution in [3.8, 4) is 5.75 Å². The first-order chi connectivity index (χ1) is 13.0. The average Bonchev–Trinajstić information content (AvgIpc) is 2.69. The molecule has 1 fully saturated rings. The first kappa shape index (κ1) is 18.9. The zero-order valence-electron chi connectivity index (χ0n) is 15.7. The van der Waals surface area contributed by atoms with E-state index in [0.717, 1.165) is 30.4 Å². The van der Waals surface area contributed by atoms with E-state index in [4.69, 9.17) is 0 Å². The Hall–Kier alpha value is -2.89. The molecule has 2 N–H and O–H groups in total. The number of piperidine rings is 1. The van der Waals surface area contributed by atoms with E-state index in [1.54, 1.807) is 29.3 Å². The van der Waals surface area contributed by atoms with Crippen molar-refractivity contribution >= 4 is 17.6 Å². The number of aromatic nitrogens is 1. The minimum absolute atomic E-state index is 0.0207. The summed E-state index contributed by atoms with van der Waals surface area (Å²) in [6, 6.07) is 8.77. The minimum Gasteiger partial charge on any atom is -0.507 e. The van der Waals surface area contributed by atoms with Crippen molar-refractivity contribution in [2.24, 2.45) is 5.92 Å². The van der Waals surface area contributed by atoms with Gasteiger partial charge in [-0.2, -0.15) is 0 Å². The number of carbonyl (C=O) groups is 2. The lowest BCUT2D eigenvalue weighted by atomic mass is 9.96. The largest absolute Gasteiger partial charge is 0.507 e. The van der Waals surface area contributed by atoms with Gasteiger partial charge in [0.15, 0.2) is 0 Å². The highest BCUT2D eigenvalue weighted by Gasteiger charge is 2.30. The van der Waals surface area contributed by atoms with Gasteiger partial charge >= 0.3 is 0 Å². The van der Waals surface area contributed by atoms with Gasteiger partial charge in [0.2, 0.25) is 5.91 Å². The number of rotatable bonds is 4. The Morgan fingerprint density at radius 2 is 2.11 bits per heavy atom. The summed E-state index contributed by atoms with van der Waals surface area (Å²) in [6.07, 6.45) is 3.97. The van der Waals surface area contributed by atoms with Crippen LogP contribution in [0.15, 0.2) is 36.5 Å². The van der Waals surface area contributed by atoms with E-state index in [9.17, 15) is 14.7 Å². The molecule has 1 aliphatic rings. The van der Waals surface area contributed by atoms with Crippen molar-refractivity contribution in [1.82, 2.24) is 9.88 Å². The van der Waals surface area contributed by atoms with Crippen molar-refractivity contribution < 1.29 is 14.7 Å². The lowest BCUT2D eigenvalue weighted by Crippen LogP contribution is -2.43. The van der Waals surface area contributed by atoms with Gasteiger partial charge in [0, 0.05) is 19.3 Å². The quantitative estimate of drug-likeness (QED) is 0.870. The topological polar surface area (TPSA) is 82.5 Å². The molecule has 2 heterocycles.